The monoisotopic (exact) mass is 332 g/mol. The van der Waals surface area contributed by atoms with E-state index in [4.69, 9.17) is 16.3 Å². The van der Waals surface area contributed by atoms with Crippen LogP contribution in [0.15, 0.2) is 29.2 Å². The molecule has 0 aliphatic carbocycles. The smallest absolute Gasteiger partial charge is 0.243 e. The first-order valence-electron chi connectivity index (χ1n) is 7.01. The fourth-order valence-corrected chi connectivity index (χ4v) is 3.82. The number of nitrogens with zero attached hydrogens (tertiary/aromatic N) is 2. The van der Waals surface area contributed by atoms with Crippen LogP contribution < -0.4 is 4.74 Å². The van der Waals surface area contributed by atoms with Crippen LogP contribution in [0, 0.1) is 0 Å². The molecule has 0 amide bonds. The third kappa shape index (κ3) is 4.32. The zero-order valence-corrected chi connectivity index (χ0v) is 13.7. The van der Waals surface area contributed by atoms with E-state index in [0.29, 0.717) is 36.2 Å². The van der Waals surface area contributed by atoms with Crippen LogP contribution in [0.5, 0.6) is 5.75 Å². The van der Waals surface area contributed by atoms with Gasteiger partial charge >= 0.3 is 0 Å². The summed E-state index contributed by atoms with van der Waals surface area (Å²) in [5.74, 6) is 1.03. The van der Waals surface area contributed by atoms with Crippen molar-refractivity contribution in [3.05, 3.63) is 24.3 Å². The molecule has 0 aromatic heterocycles. The van der Waals surface area contributed by atoms with Crippen LogP contribution in [0.3, 0.4) is 0 Å². The molecule has 0 atom stereocenters. The lowest BCUT2D eigenvalue weighted by atomic mass is 10.3. The van der Waals surface area contributed by atoms with Crippen LogP contribution in [0.2, 0.25) is 0 Å². The molecule has 118 valence electrons. The van der Waals surface area contributed by atoms with Crippen molar-refractivity contribution >= 4 is 21.6 Å². The highest BCUT2D eigenvalue weighted by Crippen LogP contribution is 2.20. The lowest BCUT2D eigenvalue weighted by molar-refractivity contribution is 0.342. The van der Waals surface area contributed by atoms with Crippen molar-refractivity contribution in [1.82, 2.24) is 9.21 Å². The van der Waals surface area contributed by atoms with Crippen LogP contribution in [0.25, 0.3) is 0 Å². The molecular weight excluding hydrogens is 312 g/mol. The second kappa shape index (κ2) is 7.45. The van der Waals surface area contributed by atoms with E-state index in [2.05, 4.69) is 4.90 Å². The second-order valence-corrected chi connectivity index (χ2v) is 7.39. The summed E-state index contributed by atoms with van der Waals surface area (Å²) in [5, 5.41) is 0. The Morgan fingerprint density at radius 3 is 2.52 bits per heavy atom. The third-order valence-electron chi connectivity index (χ3n) is 3.49. The van der Waals surface area contributed by atoms with Crippen molar-refractivity contribution in [1.29, 1.82) is 0 Å². The molecule has 0 saturated carbocycles. The number of alkyl halides is 1. The Labute approximate surface area is 131 Å². The Morgan fingerprint density at radius 2 is 1.86 bits per heavy atom. The minimum absolute atomic E-state index is 0.310. The summed E-state index contributed by atoms with van der Waals surface area (Å²) in [7, 11) is -1.41. The fraction of sp³-hybridized carbons (Fsp3) is 0.571. The molecule has 1 aromatic carbocycles. The molecule has 0 spiro atoms. The molecule has 7 heteroatoms. The Balaban J connectivity index is 2.11. The molecule has 1 aliphatic rings. The zero-order valence-electron chi connectivity index (χ0n) is 12.2. The molecule has 0 N–H and O–H groups in total. The van der Waals surface area contributed by atoms with E-state index in [9.17, 15) is 8.42 Å². The van der Waals surface area contributed by atoms with Gasteiger partial charge in [-0.05, 0) is 44.3 Å². The van der Waals surface area contributed by atoms with Gasteiger partial charge in [-0.15, -0.1) is 11.6 Å². The molecule has 1 aromatic rings. The van der Waals surface area contributed by atoms with Crippen molar-refractivity contribution < 1.29 is 13.2 Å². The highest BCUT2D eigenvalue weighted by atomic mass is 35.5. The Kier molecular flexibility index (Phi) is 5.87. The first-order chi connectivity index (χ1) is 10.0. The van der Waals surface area contributed by atoms with E-state index in [1.54, 1.807) is 28.6 Å². The largest absolute Gasteiger partial charge is 0.492 e. The minimum atomic E-state index is -3.42. The summed E-state index contributed by atoms with van der Waals surface area (Å²) >= 11 is 5.55. The van der Waals surface area contributed by atoms with Crippen LogP contribution in [-0.4, -0.2) is 63.3 Å². The van der Waals surface area contributed by atoms with Gasteiger partial charge < -0.3 is 9.64 Å². The minimum Gasteiger partial charge on any atom is -0.492 e. The van der Waals surface area contributed by atoms with Crippen LogP contribution in [-0.2, 0) is 10.0 Å². The summed E-state index contributed by atoms with van der Waals surface area (Å²) in [4.78, 5) is 2.46. The number of hydrogen-bond donors (Lipinski definition) is 0. The predicted octanol–water partition coefficient (Wildman–Crippen LogP) is 1.63. The highest BCUT2D eigenvalue weighted by Gasteiger charge is 2.25. The standard InChI is InChI=1S/C14H21ClN2O3S/c1-16-8-2-9-17(11-10-16)21(18,19)14-5-3-13(4-6-14)20-12-7-15/h3-6H,2,7-12H2,1H3. The van der Waals surface area contributed by atoms with Gasteiger partial charge in [0.2, 0.25) is 10.0 Å². The van der Waals surface area contributed by atoms with E-state index in [0.717, 1.165) is 19.5 Å². The van der Waals surface area contributed by atoms with Crippen molar-refractivity contribution in [2.75, 3.05) is 45.7 Å². The van der Waals surface area contributed by atoms with Crippen LogP contribution in [0.4, 0.5) is 0 Å². The number of rotatable bonds is 5. The van der Waals surface area contributed by atoms with Crippen molar-refractivity contribution in [2.24, 2.45) is 0 Å². The maximum atomic E-state index is 12.6. The fourth-order valence-electron chi connectivity index (χ4n) is 2.28. The molecule has 2 rings (SSSR count). The number of ether oxygens (including phenoxy) is 1. The lowest BCUT2D eigenvalue weighted by Gasteiger charge is -2.20. The van der Waals surface area contributed by atoms with Gasteiger partial charge in [-0.25, -0.2) is 8.42 Å². The van der Waals surface area contributed by atoms with Crippen molar-refractivity contribution in [2.45, 2.75) is 11.3 Å². The summed E-state index contributed by atoms with van der Waals surface area (Å²) in [6.07, 6.45) is 0.854. The first-order valence-corrected chi connectivity index (χ1v) is 8.99. The SMILES string of the molecule is CN1CCCN(S(=O)(=O)c2ccc(OCCCl)cc2)CC1. The second-order valence-electron chi connectivity index (χ2n) is 5.07. The molecular formula is C14H21ClN2O3S. The van der Waals surface area contributed by atoms with Crippen molar-refractivity contribution in [3.63, 3.8) is 0 Å². The Morgan fingerprint density at radius 1 is 1.14 bits per heavy atom. The Bertz CT molecular complexity index is 548. The van der Waals surface area contributed by atoms with Gasteiger partial charge in [-0.3, -0.25) is 0 Å². The van der Waals surface area contributed by atoms with Gasteiger partial charge in [-0.1, -0.05) is 0 Å². The molecule has 0 unspecified atom stereocenters. The van der Waals surface area contributed by atoms with E-state index in [-0.39, 0.29) is 0 Å². The van der Waals surface area contributed by atoms with Crippen molar-refractivity contribution in [3.8, 4) is 5.75 Å². The topological polar surface area (TPSA) is 49.9 Å². The molecule has 21 heavy (non-hydrogen) atoms. The number of sulfonamides is 1. The molecule has 1 heterocycles. The van der Waals surface area contributed by atoms with Gasteiger partial charge in [0.15, 0.2) is 0 Å². The normalized spacial score (nSPS) is 18.4. The maximum absolute atomic E-state index is 12.6. The van der Waals surface area contributed by atoms with Gasteiger partial charge in [-0.2, -0.15) is 4.31 Å². The first kappa shape index (κ1) is 16.5. The van der Waals surface area contributed by atoms with Gasteiger partial charge in [0, 0.05) is 19.6 Å². The predicted molar refractivity (Wildman–Crippen MR) is 83.5 cm³/mol. The molecule has 0 bridgehead atoms. The summed E-state index contributed by atoms with van der Waals surface area (Å²) in [6, 6.07) is 6.52. The maximum Gasteiger partial charge on any atom is 0.243 e. The number of halogens is 1. The summed E-state index contributed by atoms with van der Waals surface area (Å²) < 4.78 is 32.2. The molecule has 5 nitrogen and oxygen atoms in total. The van der Waals surface area contributed by atoms with Gasteiger partial charge in [0.25, 0.3) is 0 Å². The summed E-state index contributed by atoms with van der Waals surface area (Å²) in [5.41, 5.74) is 0. The lowest BCUT2D eigenvalue weighted by Crippen LogP contribution is -2.34. The van der Waals surface area contributed by atoms with Gasteiger partial charge in [0.05, 0.1) is 10.8 Å². The van der Waals surface area contributed by atoms with E-state index in [1.165, 1.54) is 0 Å². The molecule has 1 saturated heterocycles. The highest BCUT2D eigenvalue weighted by molar-refractivity contribution is 7.89. The average Bonchev–Trinajstić information content (AvgIpc) is 2.70. The van der Waals surface area contributed by atoms with E-state index < -0.39 is 10.0 Å². The average molecular weight is 333 g/mol. The van der Waals surface area contributed by atoms with Gasteiger partial charge in [0.1, 0.15) is 12.4 Å². The Hall–Kier alpha value is -0.820. The van der Waals surface area contributed by atoms with Crippen LogP contribution in [0.1, 0.15) is 6.42 Å². The molecule has 1 aliphatic heterocycles. The van der Waals surface area contributed by atoms with Crippen LogP contribution >= 0.6 is 11.6 Å². The van der Waals surface area contributed by atoms with E-state index >= 15 is 0 Å². The molecule has 1 fully saturated rings. The number of benzene rings is 1. The third-order valence-corrected chi connectivity index (χ3v) is 5.55. The number of hydrogen-bond acceptors (Lipinski definition) is 4. The quantitative estimate of drug-likeness (QED) is 0.769. The summed E-state index contributed by atoms with van der Waals surface area (Å²) in [6.45, 7) is 3.19. The van der Waals surface area contributed by atoms with E-state index in [1.807, 2.05) is 7.05 Å². The zero-order chi connectivity index (χ0) is 15.3. The number of likely N-dealkylation sites (N-methyl/N-ethyl adjacent to an activating group) is 1. The molecule has 0 radical (unpaired) electrons.